The highest BCUT2D eigenvalue weighted by atomic mass is 32.1. The van der Waals surface area contributed by atoms with Crippen LogP contribution in [0.4, 0.5) is 0 Å². The second-order valence-corrected chi connectivity index (χ2v) is 6.04. The third kappa shape index (κ3) is 2.56. The molecule has 0 saturated carbocycles. The van der Waals surface area contributed by atoms with Gasteiger partial charge in [0.2, 0.25) is 0 Å². The molecule has 0 fully saturated rings. The van der Waals surface area contributed by atoms with Gasteiger partial charge in [-0.1, -0.05) is 18.2 Å². The number of thiazole rings is 1. The summed E-state index contributed by atoms with van der Waals surface area (Å²) in [7, 11) is 1.72. The van der Waals surface area contributed by atoms with Crippen molar-refractivity contribution >= 4 is 11.3 Å². The standard InChI is InChI=1S/C15H18N2OS/c1-18-9-10-4-2-5-11(8-10)15-17-14-12(16)6-3-7-13(14)19-15/h2,4-5,8,12H,3,6-7,9,16H2,1H3. The van der Waals surface area contributed by atoms with Gasteiger partial charge in [0.25, 0.3) is 0 Å². The molecule has 1 heterocycles. The quantitative estimate of drug-likeness (QED) is 0.934. The topological polar surface area (TPSA) is 48.1 Å². The van der Waals surface area contributed by atoms with Gasteiger partial charge in [-0.3, -0.25) is 0 Å². The molecular formula is C15H18N2OS. The van der Waals surface area contributed by atoms with E-state index in [-0.39, 0.29) is 6.04 Å². The first-order chi connectivity index (χ1) is 9.28. The van der Waals surface area contributed by atoms with Crippen LogP contribution in [-0.4, -0.2) is 12.1 Å². The molecule has 4 heteroatoms. The Labute approximate surface area is 117 Å². The number of nitrogens with zero attached hydrogens (tertiary/aromatic N) is 1. The monoisotopic (exact) mass is 274 g/mol. The van der Waals surface area contributed by atoms with Crippen LogP contribution in [-0.2, 0) is 17.8 Å². The summed E-state index contributed by atoms with van der Waals surface area (Å²) in [5.41, 5.74) is 9.60. The third-order valence-corrected chi connectivity index (χ3v) is 4.66. The summed E-state index contributed by atoms with van der Waals surface area (Å²) in [6, 6.07) is 8.51. The highest BCUT2D eigenvalue weighted by Crippen LogP contribution is 2.36. The van der Waals surface area contributed by atoms with E-state index in [1.807, 2.05) is 0 Å². The minimum atomic E-state index is 0.121. The number of hydrogen-bond acceptors (Lipinski definition) is 4. The van der Waals surface area contributed by atoms with E-state index in [1.165, 1.54) is 22.4 Å². The largest absolute Gasteiger partial charge is 0.380 e. The second kappa shape index (κ2) is 5.41. The summed E-state index contributed by atoms with van der Waals surface area (Å²) in [5, 5.41) is 1.08. The van der Waals surface area contributed by atoms with Crippen LogP contribution in [0, 0.1) is 0 Å². The lowest BCUT2D eigenvalue weighted by Crippen LogP contribution is -2.16. The highest BCUT2D eigenvalue weighted by Gasteiger charge is 2.22. The Morgan fingerprint density at radius 3 is 3.16 bits per heavy atom. The van der Waals surface area contributed by atoms with Crippen LogP contribution in [0.15, 0.2) is 24.3 Å². The molecule has 0 spiro atoms. The van der Waals surface area contributed by atoms with Gasteiger partial charge in [0, 0.05) is 23.6 Å². The van der Waals surface area contributed by atoms with E-state index in [0.717, 1.165) is 23.5 Å². The zero-order valence-corrected chi connectivity index (χ0v) is 11.9. The number of aryl methyl sites for hydroxylation is 1. The number of hydrogen-bond donors (Lipinski definition) is 1. The van der Waals surface area contributed by atoms with Crippen molar-refractivity contribution in [1.29, 1.82) is 0 Å². The molecule has 1 aromatic carbocycles. The van der Waals surface area contributed by atoms with Crippen molar-refractivity contribution in [3.63, 3.8) is 0 Å². The average molecular weight is 274 g/mol. The lowest BCUT2D eigenvalue weighted by atomic mass is 9.99. The van der Waals surface area contributed by atoms with Crippen LogP contribution in [0.1, 0.15) is 35.0 Å². The third-order valence-electron chi connectivity index (χ3n) is 3.48. The SMILES string of the molecule is COCc1cccc(-c2nc3c(s2)CCCC3N)c1. The molecule has 2 aromatic rings. The van der Waals surface area contributed by atoms with Gasteiger partial charge in [-0.25, -0.2) is 4.98 Å². The number of benzene rings is 1. The van der Waals surface area contributed by atoms with Crippen LogP contribution >= 0.6 is 11.3 Å². The molecular weight excluding hydrogens is 256 g/mol. The van der Waals surface area contributed by atoms with Crippen LogP contribution in [0.25, 0.3) is 10.6 Å². The summed E-state index contributed by atoms with van der Waals surface area (Å²) in [5.74, 6) is 0. The molecule has 1 unspecified atom stereocenters. The second-order valence-electron chi connectivity index (χ2n) is 4.96. The van der Waals surface area contributed by atoms with Gasteiger partial charge >= 0.3 is 0 Å². The van der Waals surface area contributed by atoms with E-state index in [9.17, 15) is 0 Å². The molecule has 0 radical (unpaired) electrons. The number of rotatable bonds is 3. The van der Waals surface area contributed by atoms with Gasteiger partial charge in [-0.15, -0.1) is 11.3 Å². The van der Waals surface area contributed by atoms with Crippen LogP contribution in [0.2, 0.25) is 0 Å². The average Bonchev–Trinajstić information content (AvgIpc) is 2.85. The van der Waals surface area contributed by atoms with E-state index in [1.54, 1.807) is 18.4 Å². The molecule has 0 saturated heterocycles. The Balaban J connectivity index is 1.96. The normalized spacial score (nSPS) is 18.3. The van der Waals surface area contributed by atoms with E-state index < -0.39 is 0 Å². The Morgan fingerprint density at radius 1 is 1.47 bits per heavy atom. The maximum atomic E-state index is 6.14. The van der Waals surface area contributed by atoms with Gasteiger partial charge in [0.05, 0.1) is 12.3 Å². The first-order valence-electron chi connectivity index (χ1n) is 6.61. The zero-order valence-electron chi connectivity index (χ0n) is 11.1. The van der Waals surface area contributed by atoms with Crippen molar-refractivity contribution in [2.24, 2.45) is 5.73 Å². The summed E-state index contributed by atoms with van der Waals surface area (Å²) >= 11 is 1.79. The Hall–Kier alpha value is -1.23. The van der Waals surface area contributed by atoms with Crippen molar-refractivity contribution < 1.29 is 4.74 Å². The highest BCUT2D eigenvalue weighted by molar-refractivity contribution is 7.15. The minimum Gasteiger partial charge on any atom is -0.380 e. The number of nitrogens with two attached hydrogens (primary N) is 1. The number of ether oxygens (including phenoxy) is 1. The molecule has 100 valence electrons. The molecule has 1 aliphatic carbocycles. The van der Waals surface area contributed by atoms with Crippen LogP contribution in [0.5, 0.6) is 0 Å². The number of aromatic nitrogens is 1. The van der Waals surface area contributed by atoms with Crippen LogP contribution in [0.3, 0.4) is 0 Å². The van der Waals surface area contributed by atoms with E-state index >= 15 is 0 Å². The Kier molecular flexibility index (Phi) is 3.64. The molecule has 19 heavy (non-hydrogen) atoms. The fraction of sp³-hybridized carbons (Fsp3) is 0.400. The molecule has 0 aliphatic heterocycles. The lowest BCUT2D eigenvalue weighted by Gasteiger charge is -2.15. The predicted octanol–water partition coefficient (Wildman–Crippen LogP) is 3.29. The minimum absolute atomic E-state index is 0.121. The molecule has 1 aromatic heterocycles. The molecule has 1 atom stereocenters. The van der Waals surface area contributed by atoms with Crippen molar-refractivity contribution in [2.75, 3.05) is 7.11 Å². The molecule has 2 N–H and O–H groups in total. The lowest BCUT2D eigenvalue weighted by molar-refractivity contribution is 0.185. The summed E-state index contributed by atoms with van der Waals surface area (Å²) in [4.78, 5) is 6.12. The molecule has 1 aliphatic rings. The molecule has 3 rings (SSSR count). The zero-order chi connectivity index (χ0) is 13.2. The fourth-order valence-electron chi connectivity index (χ4n) is 2.54. The molecule has 3 nitrogen and oxygen atoms in total. The van der Waals surface area contributed by atoms with Gasteiger partial charge in [0.15, 0.2) is 0 Å². The summed E-state index contributed by atoms with van der Waals surface area (Å²) in [6.07, 6.45) is 3.36. The summed E-state index contributed by atoms with van der Waals surface area (Å²) < 4.78 is 5.18. The van der Waals surface area contributed by atoms with Gasteiger partial charge in [0.1, 0.15) is 5.01 Å². The summed E-state index contributed by atoms with van der Waals surface area (Å²) in [6.45, 7) is 0.637. The Morgan fingerprint density at radius 2 is 2.37 bits per heavy atom. The molecule has 0 bridgehead atoms. The van der Waals surface area contributed by atoms with Gasteiger partial charge in [-0.2, -0.15) is 0 Å². The van der Waals surface area contributed by atoms with Crippen molar-refractivity contribution in [1.82, 2.24) is 4.98 Å². The fourth-order valence-corrected chi connectivity index (χ4v) is 3.71. The molecule has 0 amide bonds. The number of fused-ring (bicyclic) bond motifs is 1. The predicted molar refractivity (Wildman–Crippen MR) is 78.1 cm³/mol. The van der Waals surface area contributed by atoms with Gasteiger partial charge in [-0.05, 0) is 30.9 Å². The smallest absolute Gasteiger partial charge is 0.123 e. The van der Waals surface area contributed by atoms with Crippen molar-refractivity contribution in [2.45, 2.75) is 31.9 Å². The van der Waals surface area contributed by atoms with Gasteiger partial charge < -0.3 is 10.5 Å². The van der Waals surface area contributed by atoms with E-state index in [0.29, 0.717) is 6.61 Å². The van der Waals surface area contributed by atoms with Crippen molar-refractivity contribution in [3.05, 3.63) is 40.4 Å². The maximum absolute atomic E-state index is 6.14. The van der Waals surface area contributed by atoms with E-state index in [2.05, 4.69) is 24.3 Å². The first kappa shape index (κ1) is 12.8. The first-order valence-corrected chi connectivity index (χ1v) is 7.43. The van der Waals surface area contributed by atoms with E-state index in [4.69, 9.17) is 15.5 Å². The van der Waals surface area contributed by atoms with Crippen molar-refractivity contribution in [3.8, 4) is 10.6 Å². The number of methoxy groups -OCH3 is 1. The maximum Gasteiger partial charge on any atom is 0.123 e. The van der Waals surface area contributed by atoms with Crippen LogP contribution < -0.4 is 5.73 Å². The Bertz CT molecular complexity index is 579.